The number of hydrogen-bond acceptors (Lipinski definition) is 3. The fourth-order valence-corrected chi connectivity index (χ4v) is 1.21. The number of nitrogens with two attached hydrogens (primary N) is 1. The molecule has 0 aliphatic heterocycles. The molecule has 0 atom stereocenters. The summed E-state index contributed by atoms with van der Waals surface area (Å²) in [5.41, 5.74) is 6.38. The summed E-state index contributed by atoms with van der Waals surface area (Å²) in [4.78, 5) is 3.97. The number of halogens is 1. The summed E-state index contributed by atoms with van der Waals surface area (Å²) in [5.74, 6) is 7.12. The van der Waals surface area contributed by atoms with Crippen molar-refractivity contribution in [3.8, 4) is 11.8 Å². The summed E-state index contributed by atoms with van der Waals surface area (Å²) in [5, 5.41) is 0. The first-order valence-electron chi connectivity index (χ1n) is 3.75. The van der Waals surface area contributed by atoms with E-state index < -0.39 is 0 Å². The fraction of sp³-hybridized carbons (Fsp3) is 0.222. The third kappa shape index (κ3) is 3.29. The van der Waals surface area contributed by atoms with Crippen molar-refractivity contribution < 1.29 is 0 Å². The van der Waals surface area contributed by atoms with Gasteiger partial charge >= 0.3 is 0 Å². The van der Waals surface area contributed by atoms with Crippen LogP contribution in [0.2, 0.25) is 0 Å². The molecule has 0 unspecified atom stereocenters. The van der Waals surface area contributed by atoms with E-state index in [0.29, 0.717) is 5.82 Å². The zero-order valence-electron chi connectivity index (χ0n) is 6.92. The highest BCUT2D eigenvalue weighted by molar-refractivity contribution is 9.10. The molecule has 0 amide bonds. The Hall–Kier alpha value is -0.660. The van der Waals surface area contributed by atoms with Gasteiger partial charge in [-0.2, -0.15) is 12.6 Å². The summed E-state index contributed by atoms with van der Waals surface area (Å²) >= 11 is 7.36. The van der Waals surface area contributed by atoms with E-state index in [-0.39, 0.29) is 0 Å². The van der Waals surface area contributed by atoms with Crippen molar-refractivity contribution in [2.75, 3.05) is 11.5 Å². The standard InChI is InChI=1S/C9H9BrN2S/c10-8-5-7(3-1-2-4-13)9(11)12-6-8/h5-6,13H,2,4H2,(H2,11,12). The van der Waals surface area contributed by atoms with Crippen LogP contribution in [0.1, 0.15) is 12.0 Å². The minimum absolute atomic E-state index is 0.467. The van der Waals surface area contributed by atoms with Gasteiger partial charge in [-0.15, -0.1) is 0 Å². The summed E-state index contributed by atoms with van der Waals surface area (Å²) < 4.78 is 0.886. The van der Waals surface area contributed by atoms with Gasteiger partial charge in [-0.05, 0) is 22.0 Å². The quantitative estimate of drug-likeness (QED) is 0.597. The fourth-order valence-electron chi connectivity index (χ4n) is 0.764. The van der Waals surface area contributed by atoms with Crippen molar-refractivity contribution in [3.05, 3.63) is 22.3 Å². The average Bonchev–Trinajstić information content (AvgIpc) is 2.11. The second-order valence-corrected chi connectivity index (χ2v) is 3.72. The first kappa shape index (κ1) is 10.4. The van der Waals surface area contributed by atoms with Gasteiger partial charge in [0.25, 0.3) is 0 Å². The smallest absolute Gasteiger partial charge is 0.139 e. The third-order valence-electron chi connectivity index (χ3n) is 1.35. The lowest BCUT2D eigenvalue weighted by Gasteiger charge is -1.96. The molecular weight excluding hydrogens is 248 g/mol. The van der Waals surface area contributed by atoms with Gasteiger partial charge in [-0.1, -0.05) is 11.8 Å². The summed E-state index contributed by atoms with van der Waals surface area (Å²) in [7, 11) is 0. The van der Waals surface area contributed by atoms with Crippen LogP contribution in [0.3, 0.4) is 0 Å². The normalized spacial score (nSPS) is 9.08. The highest BCUT2D eigenvalue weighted by atomic mass is 79.9. The molecule has 0 saturated carbocycles. The maximum atomic E-state index is 5.62. The van der Waals surface area contributed by atoms with Crippen molar-refractivity contribution in [2.24, 2.45) is 0 Å². The second kappa shape index (κ2) is 5.15. The van der Waals surface area contributed by atoms with Gasteiger partial charge in [0.2, 0.25) is 0 Å². The minimum atomic E-state index is 0.467. The number of anilines is 1. The average molecular weight is 257 g/mol. The molecule has 2 nitrogen and oxygen atoms in total. The van der Waals surface area contributed by atoms with E-state index in [1.807, 2.05) is 6.07 Å². The molecule has 0 aliphatic rings. The molecule has 0 aliphatic carbocycles. The second-order valence-electron chi connectivity index (χ2n) is 2.36. The summed E-state index contributed by atoms with van der Waals surface area (Å²) in [6.07, 6.45) is 2.41. The topological polar surface area (TPSA) is 38.9 Å². The van der Waals surface area contributed by atoms with Gasteiger partial charge < -0.3 is 5.73 Å². The Labute approximate surface area is 91.5 Å². The van der Waals surface area contributed by atoms with Crippen molar-refractivity contribution in [1.82, 2.24) is 4.98 Å². The van der Waals surface area contributed by atoms with E-state index in [9.17, 15) is 0 Å². The molecule has 1 aromatic heterocycles. The third-order valence-corrected chi connectivity index (χ3v) is 2.00. The van der Waals surface area contributed by atoms with Crippen LogP contribution in [0.25, 0.3) is 0 Å². The van der Waals surface area contributed by atoms with E-state index in [1.165, 1.54) is 0 Å². The zero-order chi connectivity index (χ0) is 9.68. The molecule has 0 bridgehead atoms. The molecule has 4 heteroatoms. The van der Waals surface area contributed by atoms with Crippen LogP contribution in [0.5, 0.6) is 0 Å². The molecule has 1 heterocycles. The van der Waals surface area contributed by atoms with Gasteiger partial charge in [0, 0.05) is 22.8 Å². The van der Waals surface area contributed by atoms with E-state index in [4.69, 9.17) is 5.73 Å². The first-order valence-corrected chi connectivity index (χ1v) is 5.17. The first-order chi connectivity index (χ1) is 6.24. The Bertz CT molecular complexity index is 354. The van der Waals surface area contributed by atoms with Gasteiger partial charge in [-0.3, -0.25) is 0 Å². The minimum Gasteiger partial charge on any atom is -0.383 e. The van der Waals surface area contributed by atoms with Crippen molar-refractivity contribution in [3.63, 3.8) is 0 Å². The number of rotatable bonds is 1. The van der Waals surface area contributed by atoms with Crippen LogP contribution in [0, 0.1) is 11.8 Å². The van der Waals surface area contributed by atoms with Crippen LogP contribution in [0.4, 0.5) is 5.82 Å². The Morgan fingerprint density at radius 1 is 1.62 bits per heavy atom. The van der Waals surface area contributed by atoms with Crippen LogP contribution in [-0.2, 0) is 0 Å². The van der Waals surface area contributed by atoms with Crippen LogP contribution >= 0.6 is 28.6 Å². The number of nitrogen functional groups attached to an aromatic ring is 1. The van der Waals surface area contributed by atoms with E-state index >= 15 is 0 Å². The highest BCUT2D eigenvalue weighted by Gasteiger charge is 1.96. The Morgan fingerprint density at radius 3 is 3.08 bits per heavy atom. The van der Waals surface area contributed by atoms with Crippen molar-refractivity contribution in [1.29, 1.82) is 0 Å². The van der Waals surface area contributed by atoms with Crippen LogP contribution < -0.4 is 5.73 Å². The summed E-state index contributed by atoms with van der Waals surface area (Å²) in [6.45, 7) is 0. The van der Waals surface area contributed by atoms with Gasteiger partial charge in [0.15, 0.2) is 0 Å². The Kier molecular flexibility index (Phi) is 4.13. The molecule has 1 aromatic rings. The number of hydrogen-bond donors (Lipinski definition) is 2. The maximum Gasteiger partial charge on any atom is 0.139 e. The predicted molar refractivity (Wildman–Crippen MR) is 61.7 cm³/mol. The molecule has 2 N–H and O–H groups in total. The lowest BCUT2D eigenvalue weighted by molar-refractivity contribution is 1.29. The highest BCUT2D eigenvalue weighted by Crippen LogP contribution is 2.14. The molecular formula is C9H9BrN2S. The molecule has 0 fully saturated rings. The molecule has 0 aromatic carbocycles. The van der Waals surface area contributed by atoms with Gasteiger partial charge in [0.05, 0.1) is 5.56 Å². The zero-order valence-corrected chi connectivity index (χ0v) is 9.40. The van der Waals surface area contributed by atoms with Crippen molar-refractivity contribution >= 4 is 34.4 Å². The van der Waals surface area contributed by atoms with Gasteiger partial charge in [-0.25, -0.2) is 4.98 Å². The Morgan fingerprint density at radius 2 is 2.38 bits per heavy atom. The molecule has 13 heavy (non-hydrogen) atoms. The number of pyridine rings is 1. The van der Waals surface area contributed by atoms with Crippen molar-refractivity contribution in [2.45, 2.75) is 6.42 Å². The summed E-state index contributed by atoms with van der Waals surface area (Å²) in [6, 6.07) is 1.86. The molecule has 0 spiro atoms. The maximum absolute atomic E-state index is 5.62. The number of nitrogens with zero attached hydrogens (tertiary/aromatic N) is 1. The van der Waals surface area contributed by atoms with Crippen LogP contribution in [-0.4, -0.2) is 10.7 Å². The van der Waals surface area contributed by atoms with E-state index in [1.54, 1.807) is 6.20 Å². The van der Waals surface area contributed by atoms with Gasteiger partial charge in [0.1, 0.15) is 5.82 Å². The lowest BCUT2D eigenvalue weighted by atomic mass is 10.2. The molecule has 0 saturated heterocycles. The van der Waals surface area contributed by atoms with E-state index in [0.717, 1.165) is 22.2 Å². The molecule has 0 radical (unpaired) electrons. The largest absolute Gasteiger partial charge is 0.383 e. The number of aromatic nitrogens is 1. The predicted octanol–water partition coefficient (Wildman–Crippen LogP) is 2.10. The monoisotopic (exact) mass is 256 g/mol. The van der Waals surface area contributed by atoms with E-state index in [2.05, 4.69) is 45.4 Å². The SMILES string of the molecule is Nc1ncc(Br)cc1C#CCCS. The molecule has 68 valence electrons. The number of thiol groups is 1. The van der Waals surface area contributed by atoms with Crippen LogP contribution in [0.15, 0.2) is 16.7 Å². The lowest BCUT2D eigenvalue weighted by Crippen LogP contribution is -1.93. The molecule has 1 rings (SSSR count). The Balaban J connectivity index is 2.89.